The molecule has 484 valence electrons. The Morgan fingerprint density at radius 2 is 0.912 bits per heavy atom. The summed E-state index contributed by atoms with van der Waals surface area (Å²) in [5.41, 5.74) is 21.8. The first kappa shape index (κ1) is 72.2. The largest absolute Gasteiger partial charge is 0.383 e. The second-order valence-electron chi connectivity index (χ2n) is 21.6. The van der Waals surface area contributed by atoms with Crippen molar-refractivity contribution in [1.82, 2.24) is 28.4 Å². The molecule has 0 aliphatic carbocycles. The van der Waals surface area contributed by atoms with E-state index in [1.54, 1.807) is 57.9 Å². The van der Waals surface area contributed by atoms with E-state index in [-0.39, 0.29) is 54.4 Å². The number of halogens is 2. The predicted molar refractivity (Wildman–Crippen MR) is 396 cm³/mol. The minimum absolute atomic E-state index is 0. The van der Waals surface area contributed by atoms with Gasteiger partial charge in [-0.05, 0) is 118 Å². The van der Waals surface area contributed by atoms with Gasteiger partial charge < -0.3 is 39.4 Å². The molecule has 17 nitrogen and oxygen atoms in total. The van der Waals surface area contributed by atoms with Crippen LogP contribution in [0.1, 0.15) is 48.9 Å². The van der Waals surface area contributed by atoms with Gasteiger partial charge in [0.15, 0.2) is 0 Å². The number of amidine groups is 2. The normalized spacial score (nSPS) is 14.8. The summed E-state index contributed by atoms with van der Waals surface area (Å²) in [6, 6.07) is 40.2. The number of morpholine rings is 3. The van der Waals surface area contributed by atoms with Gasteiger partial charge in [0.1, 0.15) is 11.7 Å². The van der Waals surface area contributed by atoms with Gasteiger partial charge in [-0.2, -0.15) is 34.0 Å². The maximum atomic E-state index is 10.9. The molecule has 0 unspecified atom stereocenters. The molecule has 0 amide bonds. The van der Waals surface area contributed by atoms with Crippen molar-refractivity contribution in [2.75, 3.05) is 98.5 Å². The lowest BCUT2D eigenvalue weighted by atomic mass is 10.2. The summed E-state index contributed by atoms with van der Waals surface area (Å²) >= 11 is 6.47. The Labute approximate surface area is 573 Å². The van der Waals surface area contributed by atoms with Gasteiger partial charge in [0, 0.05) is 153 Å². The summed E-state index contributed by atoms with van der Waals surface area (Å²) in [4.78, 5) is 27.1. The van der Waals surface area contributed by atoms with Gasteiger partial charge in [-0.3, -0.25) is 30.2 Å². The van der Waals surface area contributed by atoms with Crippen molar-refractivity contribution in [3.8, 4) is 0 Å². The maximum absolute atomic E-state index is 10.9. The molecular weight excluding hydrogens is 1360 g/mol. The van der Waals surface area contributed by atoms with Crippen LogP contribution >= 0.6 is 82.2 Å². The summed E-state index contributed by atoms with van der Waals surface area (Å²) < 4.78 is 22.9. The van der Waals surface area contributed by atoms with Crippen molar-refractivity contribution in [2.24, 2.45) is 21.5 Å². The topological polar surface area (TPSA) is 196 Å². The molecule has 0 bridgehead atoms. The van der Waals surface area contributed by atoms with Gasteiger partial charge in [-0.15, -0.1) is 48.1 Å². The fourth-order valence-electron chi connectivity index (χ4n) is 10.7. The lowest BCUT2D eigenvalue weighted by Gasteiger charge is -2.26. The Hall–Kier alpha value is -6.26. The molecule has 0 spiro atoms. The lowest BCUT2D eigenvalue weighted by Crippen LogP contribution is -2.37. The first-order chi connectivity index (χ1) is 43.2. The first-order valence-electron chi connectivity index (χ1n) is 30.0. The average molecular weight is 1440 g/mol. The van der Waals surface area contributed by atoms with Crippen LogP contribution in [-0.2, 0) is 39.6 Å². The molecule has 3 saturated heterocycles. The minimum Gasteiger partial charge on any atom is -0.383 e. The molecule has 10 aromatic rings. The summed E-state index contributed by atoms with van der Waals surface area (Å²) in [6.07, 6.45) is 9.64. The van der Waals surface area contributed by atoms with Crippen LogP contribution in [0.15, 0.2) is 182 Å². The summed E-state index contributed by atoms with van der Waals surface area (Å²) in [5, 5.41) is 35.0. The van der Waals surface area contributed by atoms with Crippen LogP contribution < -0.4 is 11.5 Å². The van der Waals surface area contributed by atoms with Crippen molar-refractivity contribution in [2.45, 2.75) is 52.1 Å². The maximum Gasteiger partial charge on any atom is 0.271 e. The number of benzene rings is 4. The number of aryl methyl sites for hydroxylation is 3. The second kappa shape index (κ2) is 38.1. The van der Waals surface area contributed by atoms with Crippen LogP contribution in [0.2, 0.25) is 0 Å². The summed E-state index contributed by atoms with van der Waals surface area (Å²) in [7, 11) is 0. The molecule has 3 aliphatic rings. The number of nitro benzene ring substituents is 1. The van der Waals surface area contributed by atoms with Gasteiger partial charge >= 0.3 is 0 Å². The third-order valence-corrected chi connectivity index (χ3v) is 18.6. The zero-order valence-corrected chi connectivity index (χ0v) is 56.9. The quantitative estimate of drug-likeness (QED) is 0.0216. The number of ether oxygens (including phenoxy) is 3. The lowest BCUT2D eigenvalue weighted by molar-refractivity contribution is -0.384. The number of nitrogens with one attached hydrogen (secondary N) is 1. The van der Waals surface area contributed by atoms with E-state index in [2.05, 4.69) is 99.3 Å². The smallest absolute Gasteiger partial charge is 0.271 e. The van der Waals surface area contributed by atoms with Crippen LogP contribution in [0.5, 0.6) is 0 Å². The molecule has 13 rings (SSSR count). The van der Waals surface area contributed by atoms with Gasteiger partial charge in [0.05, 0.1) is 77.5 Å². The van der Waals surface area contributed by atoms with Crippen molar-refractivity contribution in [3.05, 3.63) is 205 Å². The number of aromatic nitrogens is 3. The Kier molecular flexibility index (Phi) is 30.2. The van der Waals surface area contributed by atoms with Crippen molar-refractivity contribution < 1.29 is 19.1 Å². The highest BCUT2D eigenvalue weighted by Gasteiger charge is 2.15. The van der Waals surface area contributed by atoms with Gasteiger partial charge in [0.25, 0.3) is 5.69 Å². The van der Waals surface area contributed by atoms with Gasteiger partial charge in [-0.25, -0.2) is 9.98 Å². The Bertz CT molecular complexity index is 3660. The fourth-order valence-corrected chi connectivity index (χ4v) is 13.5. The number of nitrogens with two attached hydrogens (primary N) is 2. The van der Waals surface area contributed by atoms with E-state index in [9.17, 15) is 10.1 Å². The van der Waals surface area contributed by atoms with Crippen molar-refractivity contribution >= 4 is 149 Å². The molecule has 5 N–H and O–H groups in total. The molecule has 0 atom stereocenters. The molecule has 23 heteroatoms. The van der Waals surface area contributed by atoms with E-state index in [0.29, 0.717) is 16.7 Å². The standard InChI is InChI=1S/2C20H24N4OS.C15H19N3O3.C12H11NS2.CH4.ClH.HI/c2*21-20(17-5-13-26-15-17)22-18-3-2-16-4-8-24(19(16)14-18)7-1-6-23-9-11-25-12-10-23;19-18(20)14-3-2-13-4-7-17(15(13)12-14)6-1-5-16-8-10-21-11-9-16;13-12(11-6-7-14-9-11)15-8-10-4-2-1-3-5-10;;;/h2*2-5,8,13-15H,1,6-7,9-12H2,(H2,21,22);2-4,7,12H,1,5-6,8-11H2;1-7,9,13H,8H2;1H4;2*1H. The molecule has 91 heavy (non-hydrogen) atoms. The monoisotopic (exact) mass is 1440 g/mol. The number of hydrogen-bond donors (Lipinski definition) is 3. The average Bonchev–Trinajstić information content (AvgIpc) is 1.90. The zero-order chi connectivity index (χ0) is 60.7. The Morgan fingerprint density at radius 3 is 1.30 bits per heavy atom. The minimum atomic E-state index is -0.343. The highest BCUT2D eigenvalue weighted by molar-refractivity contribution is 14.0. The fraction of sp³-hybridized carbons (Fsp3) is 0.338. The number of aliphatic imine (C=N–C) groups is 2. The van der Waals surface area contributed by atoms with E-state index in [0.717, 1.165) is 182 Å². The van der Waals surface area contributed by atoms with E-state index >= 15 is 0 Å². The number of rotatable bonds is 20. The first-order valence-corrected chi connectivity index (χ1v) is 33.8. The Morgan fingerprint density at radius 1 is 0.527 bits per heavy atom. The van der Waals surface area contributed by atoms with Crippen LogP contribution in [0.25, 0.3) is 32.7 Å². The molecule has 0 saturated carbocycles. The molecular formula is C68H84ClIN12O5S4. The number of hydrogen-bond acceptors (Lipinski definition) is 15. The van der Waals surface area contributed by atoms with Crippen LogP contribution in [-0.4, -0.2) is 149 Å². The Balaban J connectivity index is 0.000000174. The number of fused-ring (bicyclic) bond motifs is 3. The van der Waals surface area contributed by atoms with Crippen LogP contribution in [0, 0.1) is 15.5 Å². The predicted octanol–water partition coefficient (Wildman–Crippen LogP) is 14.9. The molecule has 3 aliphatic heterocycles. The number of thioether (sulfide) groups is 1. The highest BCUT2D eigenvalue weighted by atomic mass is 127. The molecule has 6 aromatic heterocycles. The summed E-state index contributed by atoms with van der Waals surface area (Å²) in [5.74, 6) is 2.00. The number of thiophene rings is 3. The summed E-state index contributed by atoms with van der Waals surface area (Å²) in [6.45, 7) is 17.4. The van der Waals surface area contributed by atoms with Crippen LogP contribution in [0.3, 0.4) is 0 Å². The highest BCUT2D eigenvalue weighted by Crippen LogP contribution is 2.27. The zero-order valence-electron chi connectivity index (χ0n) is 50.5. The number of non-ortho nitro benzene ring substituents is 1. The van der Waals surface area contributed by atoms with Gasteiger partial charge in [0.2, 0.25) is 0 Å². The van der Waals surface area contributed by atoms with E-state index in [1.165, 1.54) is 27.4 Å². The van der Waals surface area contributed by atoms with Crippen molar-refractivity contribution in [3.63, 3.8) is 0 Å². The number of nitrogens with zero attached hydrogens (tertiary/aromatic N) is 9. The number of nitro groups is 1. The van der Waals surface area contributed by atoms with Crippen molar-refractivity contribution in [1.29, 1.82) is 5.41 Å². The SMILES string of the molecule is C.Cl.I.N=C(SCc1ccccc1)c1ccsc1.NC(=Nc1ccc2ccn(CCCN3CCOCC3)c2c1)c1ccsc1.NC(=Nc1ccc2ccn(CCCN3CCOCC3)c2c1)c1ccsc1.O=[N+]([O-])c1ccc2ccn(CCCN3CCOCC3)c2c1. The molecule has 9 heterocycles. The van der Waals surface area contributed by atoms with Crippen LogP contribution in [0.4, 0.5) is 17.1 Å². The molecule has 0 radical (unpaired) electrons. The molecule has 4 aromatic carbocycles. The van der Waals surface area contributed by atoms with E-state index in [1.807, 2.05) is 99.1 Å². The van der Waals surface area contributed by atoms with Gasteiger partial charge in [-0.1, -0.05) is 49.9 Å². The second-order valence-corrected chi connectivity index (χ2v) is 24.9. The third kappa shape index (κ3) is 21.9. The molecule has 3 fully saturated rings. The third-order valence-electron chi connectivity index (χ3n) is 15.6. The van der Waals surface area contributed by atoms with E-state index in [4.69, 9.17) is 31.1 Å². The van der Waals surface area contributed by atoms with E-state index < -0.39 is 0 Å².